The minimum absolute atomic E-state index is 0.117. The van der Waals surface area contributed by atoms with Crippen LogP contribution in [0, 0.1) is 20.2 Å². The fourth-order valence-corrected chi connectivity index (χ4v) is 4.94. The molecule has 0 heterocycles. The molecule has 4 aromatic carbocycles. The smallest absolute Gasteiger partial charge is 0.273 e. The Morgan fingerprint density at radius 3 is 1.43 bits per heavy atom. The maximum absolute atomic E-state index is 13.5. The Bertz CT molecular complexity index is 1940. The van der Waals surface area contributed by atoms with Gasteiger partial charge < -0.3 is 19.7 Å². The molecule has 0 radical (unpaired) electrons. The Hall–Kier alpha value is -6.77. The van der Waals surface area contributed by atoms with Crippen LogP contribution in [0.1, 0.15) is 30.4 Å². The second-order valence-corrected chi connectivity index (χ2v) is 10.6. The van der Waals surface area contributed by atoms with Crippen LogP contribution in [0.5, 0.6) is 23.0 Å². The Morgan fingerprint density at radius 1 is 0.633 bits per heavy atom. The van der Waals surface area contributed by atoms with E-state index in [2.05, 4.69) is 20.5 Å². The maximum atomic E-state index is 13.5. The lowest BCUT2D eigenvalue weighted by Gasteiger charge is -2.17. The Balaban J connectivity index is 1.37. The van der Waals surface area contributed by atoms with E-state index in [4.69, 9.17) is 9.47 Å². The third-order valence-electron chi connectivity index (χ3n) is 7.44. The van der Waals surface area contributed by atoms with E-state index in [-0.39, 0.29) is 62.9 Å². The van der Waals surface area contributed by atoms with Crippen molar-refractivity contribution in [3.63, 3.8) is 0 Å². The number of rotatable bonds is 10. The summed E-state index contributed by atoms with van der Waals surface area (Å²) < 4.78 is 10.4. The van der Waals surface area contributed by atoms with Crippen LogP contribution < -0.4 is 9.47 Å². The van der Waals surface area contributed by atoms with E-state index in [0.717, 1.165) is 0 Å². The number of phenolic OH excluding ortho intramolecular Hbond substituents is 2. The molecule has 4 aromatic rings. The van der Waals surface area contributed by atoms with Gasteiger partial charge in [-0.3, -0.25) is 25.0 Å². The summed E-state index contributed by atoms with van der Waals surface area (Å²) in [5, 5.41) is 59.3. The molecule has 5 rings (SSSR count). The SMILES string of the molecule is COc1cc([N+](=O)[O-])ccc1N=Nc1cc(/C=C2/CCC/C(=C\c3ccc(O)c(N=Nc4ccc([N+](=O)[O-])cc4OC)c3)C2=O)ccc1O. The van der Waals surface area contributed by atoms with Crippen LogP contribution in [-0.4, -0.2) is 40.1 Å². The number of azo groups is 2. The number of ether oxygens (including phenoxy) is 2. The third kappa shape index (κ3) is 7.97. The quantitative estimate of drug-likeness (QED) is 0.0715. The number of methoxy groups -OCH3 is 2. The summed E-state index contributed by atoms with van der Waals surface area (Å²) in [6.45, 7) is 0. The van der Waals surface area contributed by atoms with Crippen LogP contribution >= 0.6 is 0 Å². The van der Waals surface area contributed by atoms with Crippen LogP contribution in [0.25, 0.3) is 12.2 Å². The number of non-ortho nitro benzene ring substituents is 2. The number of phenols is 2. The summed E-state index contributed by atoms with van der Waals surface area (Å²) in [6, 6.07) is 17.0. The minimum Gasteiger partial charge on any atom is -0.506 e. The van der Waals surface area contributed by atoms with Gasteiger partial charge in [0.2, 0.25) is 0 Å². The van der Waals surface area contributed by atoms with Crippen LogP contribution in [-0.2, 0) is 4.79 Å². The first kappa shape index (κ1) is 33.6. The highest BCUT2D eigenvalue weighted by molar-refractivity contribution is 6.14. The normalized spacial score (nSPS) is 14.9. The standard InChI is InChI=1S/C34H28N6O9/c1-48-32-18-24(39(44)45)8-10-26(32)35-37-28-16-20(6-12-30(28)41)14-22-4-3-5-23(34(22)43)15-21-7-13-31(42)29(17-21)38-36-27-11-9-25(40(46)47)19-33(27)49-2/h6-19,41-42H,3-5H2,1-2H3/b22-14-,23-15+,37-35?,38-36?. The van der Waals surface area contributed by atoms with Gasteiger partial charge in [0.05, 0.1) is 36.2 Å². The lowest BCUT2D eigenvalue weighted by atomic mass is 9.86. The van der Waals surface area contributed by atoms with Crippen molar-refractivity contribution in [2.45, 2.75) is 19.3 Å². The van der Waals surface area contributed by atoms with Crippen LogP contribution in [0.3, 0.4) is 0 Å². The van der Waals surface area contributed by atoms with Gasteiger partial charge in [-0.25, -0.2) is 0 Å². The summed E-state index contributed by atoms with van der Waals surface area (Å²) in [5.74, 6) is -0.206. The number of allylic oxidation sites excluding steroid dienone is 2. The van der Waals surface area contributed by atoms with Crippen LogP contribution in [0.4, 0.5) is 34.1 Å². The lowest BCUT2D eigenvalue weighted by Crippen LogP contribution is -2.12. The molecule has 49 heavy (non-hydrogen) atoms. The van der Waals surface area contributed by atoms with E-state index in [1.165, 1.54) is 62.8 Å². The predicted octanol–water partition coefficient (Wildman–Crippen LogP) is 8.98. The molecule has 0 spiro atoms. The van der Waals surface area contributed by atoms with Crippen molar-refractivity contribution in [3.05, 3.63) is 115 Å². The van der Waals surface area contributed by atoms with E-state index in [9.17, 15) is 35.2 Å². The molecule has 15 nitrogen and oxygen atoms in total. The van der Waals surface area contributed by atoms with Crippen LogP contribution in [0.2, 0.25) is 0 Å². The predicted molar refractivity (Wildman–Crippen MR) is 179 cm³/mol. The highest BCUT2D eigenvalue weighted by Crippen LogP contribution is 2.38. The maximum Gasteiger partial charge on any atom is 0.273 e. The van der Waals surface area contributed by atoms with Crippen molar-refractivity contribution >= 4 is 52.1 Å². The number of carbonyl (C=O) groups excluding carboxylic acids is 1. The molecule has 15 heteroatoms. The molecule has 0 amide bonds. The average molecular weight is 665 g/mol. The first-order valence-corrected chi connectivity index (χ1v) is 14.7. The molecule has 0 bridgehead atoms. The molecule has 0 atom stereocenters. The fraction of sp³-hybridized carbons (Fsp3) is 0.147. The zero-order valence-corrected chi connectivity index (χ0v) is 26.1. The number of Topliss-reactive ketones (excluding diaryl/α,β-unsaturated/α-hetero) is 1. The minimum atomic E-state index is -0.557. The van der Waals surface area contributed by atoms with Gasteiger partial charge in [-0.2, -0.15) is 0 Å². The van der Waals surface area contributed by atoms with Gasteiger partial charge in [0.15, 0.2) is 17.3 Å². The topological polar surface area (TPSA) is 212 Å². The number of hydrogen-bond donors (Lipinski definition) is 2. The van der Waals surface area contributed by atoms with Crippen molar-refractivity contribution < 1.29 is 34.3 Å². The van der Waals surface area contributed by atoms with Gasteiger partial charge in [0.25, 0.3) is 11.4 Å². The summed E-state index contributed by atoms with van der Waals surface area (Å²) in [4.78, 5) is 34.5. The van der Waals surface area contributed by atoms with Crippen molar-refractivity contribution in [1.82, 2.24) is 0 Å². The lowest BCUT2D eigenvalue weighted by molar-refractivity contribution is -0.385. The van der Waals surface area contributed by atoms with Crippen molar-refractivity contribution in [1.29, 1.82) is 0 Å². The van der Waals surface area contributed by atoms with Gasteiger partial charge >= 0.3 is 0 Å². The molecule has 2 N–H and O–H groups in total. The summed E-state index contributed by atoms with van der Waals surface area (Å²) >= 11 is 0. The van der Waals surface area contributed by atoms with Gasteiger partial charge in [-0.1, -0.05) is 12.1 Å². The molecule has 1 saturated carbocycles. The van der Waals surface area contributed by atoms with Crippen molar-refractivity contribution in [2.24, 2.45) is 20.5 Å². The molecule has 0 unspecified atom stereocenters. The largest absolute Gasteiger partial charge is 0.506 e. The first-order valence-electron chi connectivity index (χ1n) is 14.7. The Kier molecular flexibility index (Phi) is 10.1. The monoisotopic (exact) mass is 664 g/mol. The van der Waals surface area contributed by atoms with Crippen molar-refractivity contribution in [2.75, 3.05) is 14.2 Å². The number of benzene rings is 4. The molecule has 0 aliphatic heterocycles. The van der Waals surface area contributed by atoms with E-state index in [0.29, 0.717) is 41.5 Å². The highest BCUT2D eigenvalue weighted by Gasteiger charge is 2.21. The first-order chi connectivity index (χ1) is 23.6. The molecule has 1 fully saturated rings. The van der Waals surface area contributed by atoms with E-state index in [1.54, 1.807) is 36.4 Å². The molecular formula is C34H28N6O9. The zero-order valence-electron chi connectivity index (χ0n) is 26.1. The number of aromatic hydroxyl groups is 2. The molecular weight excluding hydrogens is 636 g/mol. The summed E-state index contributed by atoms with van der Waals surface area (Å²) in [7, 11) is 2.69. The van der Waals surface area contributed by atoms with Crippen molar-refractivity contribution in [3.8, 4) is 23.0 Å². The average Bonchev–Trinajstić information content (AvgIpc) is 3.10. The number of carbonyl (C=O) groups is 1. The third-order valence-corrected chi connectivity index (χ3v) is 7.44. The van der Waals surface area contributed by atoms with E-state index < -0.39 is 9.85 Å². The Labute approximate surface area is 278 Å². The molecule has 1 aliphatic carbocycles. The second-order valence-electron chi connectivity index (χ2n) is 10.6. The van der Waals surface area contributed by atoms with E-state index in [1.807, 2.05) is 0 Å². The number of nitro benzene ring substituents is 2. The summed E-state index contributed by atoms with van der Waals surface area (Å²) in [6.07, 6.45) is 5.20. The van der Waals surface area contributed by atoms with Gasteiger partial charge in [-0.15, -0.1) is 20.5 Å². The molecule has 1 aliphatic rings. The fourth-order valence-electron chi connectivity index (χ4n) is 4.94. The number of nitrogens with zero attached hydrogens (tertiary/aromatic N) is 6. The number of ketones is 1. The highest BCUT2D eigenvalue weighted by atomic mass is 16.6. The molecule has 0 saturated heterocycles. The molecule has 248 valence electrons. The second kappa shape index (κ2) is 14.8. The number of nitro groups is 2. The zero-order chi connectivity index (χ0) is 35.1. The Morgan fingerprint density at radius 2 is 1.04 bits per heavy atom. The molecule has 0 aromatic heterocycles. The van der Waals surface area contributed by atoms with Gasteiger partial charge in [0, 0.05) is 23.3 Å². The van der Waals surface area contributed by atoms with Gasteiger partial charge in [0.1, 0.15) is 34.2 Å². The van der Waals surface area contributed by atoms with Crippen LogP contribution in [0.15, 0.2) is 104 Å². The van der Waals surface area contributed by atoms with Gasteiger partial charge in [-0.05, 0) is 78.9 Å². The summed E-state index contributed by atoms with van der Waals surface area (Å²) in [5.41, 5.74) is 2.62. The van der Waals surface area contributed by atoms with E-state index >= 15 is 0 Å². The number of hydrogen-bond acceptors (Lipinski definition) is 13.